The molecule has 0 radical (unpaired) electrons. The van der Waals surface area contributed by atoms with Crippen LogP contribution in [0.3, 0.4) is 0 Å². The fraction of sp³-hybridized carbons (Fsp3) is 0.250. The quantitative estimate of drug-likeness (QED) is 0.691. The molecular weight excluding hydrogens is 240 g/mol. The van der Waals surface area contributed by atoms with Gasteiger partial charge >= 0.3 is 0 Å². The Hall–Kier alpha value is -0.890. The molecule has 0 saturated heterocycles. The summed E-state index contributed by atoms with van der Waals surface area (Å²) >= 11 is 3.49. The number of carbonyl (C=O) groups is 1. The van der Waals surface area contributed by atoms with Crippen LogP contribution in [0, 0.1) is 0 Å². The van der Waals surface area contributed by atoms with Crippen molar-refractivity contribution in [2.24, 2.45) is 0 Å². The summed E-state index contributed by atoms with van der Waals surface area (Å²) in [5.74, 6) is 0.170. The first-order valence-electron chi connectivity index (χ1n) is 4.55. The van der Waals surface area contributed by atoms with Gasteiger partial charge in [0.05, 0.1) is 5.41 Å². The highest BCUT2D eigenvalue weighted by Crippen LogP contribution is 2.36. The van der Waals surface area contributed by atoms with Crippen LogP contribution < -0.4 is 0 Å². The zero-order valence-corrected chi connectivity index (χ0v) is 9.76. The van der Waals surface area contributed by atoms with Crippen LogP contribution in [0.2, 0.25) is 0 Å². The van der Waals surface area contributed by atoms with Crippen molar-refractivity contribution in [2.75, 3.05) is 0 Å². The van der Waals surface area contributed by atoms with E-state index in [0.29, 0.717) is 0 Å². The minimum Gasteiger partial charge on any atom is -0.294 e. The molecule has 72 valence electrons. The molecule has 1 aliphatic rings. The Bertz CT molecular complexity index is 430. The van der Waals surface area contributed by atoms with Crippen LogP contribution in [0.1, 0.15) is 25.0 Å². The van der Waals surface area contributed by atoms with Crippen molar-refractivity contribution in [3.8, 4) is 0 Å². The highest BCUT2D eigenvalue weighted by Gasteiger charge is 2.32. The Morgan fingerprint density at radius 3 is 2.64 bits per heavy atom. The Kier molecular flexibility index (Phi) is 2.11. The van der Waals surface area contributed by atoms with E-state index in [9.17, 15) is 4.79 Å². The molecule has 2 rings (SSSR count). The summed E-state index contributed by atoms with van der Waals surface area (Å²) in [7, 11) is 0. The number of allylic oxidation sites excluding steroid dienone is 1. The zero-order valence-electron chi connectivity index (χ0n) is 8.17. The lowest BCUT2D eigenvalue weighted by molar-refractivity contribution is -0.118. The second-order valence-corrected chi connectivity index (χ2v) is 4.88. The molecule has 1 nitrogen and oxygen atoms in total. The third kappa shape index (κ3) is 1.25. The molecule has 0 aromatic heterocycles. The monoisotopic (exact) mass is 250 g/mol. The molecule has 0 fully saturated rings. The highest BCUT2D eigenvalue weighted by atomic mass is 79.9. The van der Waals surface area contributed by atoms with Crippen LogP contribution >= 0.6 is 15.9 Å². The molecule has 0 saturated carbocycles. The van der Waals surface area contributed by atoms with Gasteiger partial charge in [-0.1, -0.05) is 28.1 Å². The fourth-order valence-corrected chi connectivity index (χ4v) is 2.25. The Morgan fingerprint density at radius 1 is 1.21 bits per heavy atom. The number of hydrogen-bond donors (Lipinski definition) is 0. The minimum absolute atomic E-state index is 0.170. The van der Waals surface area contributed by atoms with E-state index in [-0.39, 0.29) is 5.78 Å². The van der Waals surface area contributed by atoms with E-state index in [1.165, 1.54) is 0 Å². The van der Waals surface area contributed by atoms with Gasteiger partial charge in [0.15, 0.2) is 5.78 Å². The van der Waals surface area contributed by atoms with Gasteiger partial charge in [0.2, 0.25) is 0 Å². The Labute approximate surface area is 92.0 Å². The smallest absolute Gasteiger partial charge is 0.165 e. The molecule has 0 aliphatic heterocycles. The van der Waals surface area contributed by atoms with E-state index in [0.717, 1.165) is 15.6 Å². The summed E-state index contributed by atoms with van der Waals surface area (Å²) in [6.45, 7) is 3.92. The van der Waals surface area contributed by atoms with Crippen molar-refractivity contribution < 1.29 is 4.79 Å². The first kappa shape index (κ1) is 9.66. The molecule has 1 aliphatic carbocycles. The lowest BCUT2D eigenvalue weighted by Gasteiger charge is -2.27. The van der Waals surface area contributed by atoms with Crippen molar-refractivity contribution >= 4 is 27.8 Å². The van der Waals surface area contributed by atoms with E-state index in [1.807, 2.05) is 38.1 Å². The van der Waals surface area contributed by atoms with E-state index in [2.05, 4.69) is 15.9 Å². The Morgan fingerprint density at radius 2 is 1.93 bits per heavy atom. The van der Waals surface area contributed by atoms with Gasteiger partial charge in [0.25, 0.3) is 0 Å². The molecule has 1 aromatic carbocycles. The van der Waals surface area contributed by atoms with Crippen molar-refractivity contribution in [1.82, 2.24) is 0 Å². The fourth-order valence-electron chi connectivity index (χ4n) is 1.75. The second-order valence-electron chi connectivity index (χ2n) is 4.02. The van der Waals surface area contributed by atoms with E-state index in [4.69, 9.17) is 0 Å². The largest absolute Gasteiger partial charge is 0.294 e. The van der Waals surface area contributed by atoms with Gasteiger partial charge in [0.1, 0.15) is 0 Å². The standard InChI is InChI=1S/C12H11BrO/c1-12(2)9-4-3-5-10(13)8(9)6-7-11(12)14/h3-7H,1-2H3. The van der Waals surface area contributed by atoms with Gasteiger partial charge in [-0.05, 0) is 43.2 Å². The van der Waals surface area contributed by atoms with Crippen LogP contribution in [0.25, 0.3) is 6.08 Å². The van der Waals surface area contributed by atoms with Gasteiger partial charge in [-0.15, -0.1) is 0 Å². The Balaban J connectivity index is 2.73. The lowest BCUT2D eigenvalue weighted by atomic mass is 9.75. The maximum absolute atomic E-state index is 11.7. The van der Waals surface area contributed by atoms with Crippen LogP contribution in [0.15, 0.2) is 28.7 Å². The molecule has 0 heterocycles. The molecule has 0 bridgehead atoms. The maximum Gasteiger partial charge on any atom is 0.165 e. The van der Waals surface area contributed by atoms with Crippen molar-refractivity contribution in [3.05, 3.63) is 39.9 Å². The molecule has 0 unspecified atom stereocenters. The molecule has 0 N–H and O–H groups in total. The molecule has 0 atom stereocenters. The number of benzene rings is 1. The number of hydrogen-bond acceptors (Lipinski definition) is 1. The van der Waals surface area contributed by atoms with Gasteiger partial charge in [-0.3, -0.25) is 4.79 Å². The van der Waals surface area contributed by atoms with Crippen LogP contribution in [-0.4, -0.2) is 5.78 Å². The average molecular weight is 251 g/mol. The highest BCUT2D eigenvalue weighted by molar-refractivity contribution is 9.10. The lowest BCUT2D eigenvalue weighted by Crippen LogP contribution is -2.30. The number of ketones is 1. The summed E-state index contributed by atoms with van der Waals surface area (Å²) in [4.78, 5) is 11.7. The summed E-state index contributed by atoms with van der Waals surface area (Å²) in [6, 6.07) is 5.98. The number of rotatable bonds is 0. The van der Waals surface area contributed by atoms with E-state index < -0.39 is 5.41 Å². The normalized spacial score (nSPS) is 18.1. The van der Waals surface area contributed by atoms with Crippen molar-refractivity contribution in [2.45, 2.75) is 19.3 Å². The molecule has 2 heteroatoms. The predicted molar refractivity (Wildman–Crippen MR) is 61.2 cm³/mol. The van der Waals surface area contributed by atoms with Crippen LogP contribution in [-0.2, 0) is 10.2 Å². The van der Waals surface area contributed by atoms with Crippen LogP contribution in [0.4, 0.5) is 0 Å². The van der Waals surface area contributed by atoms with Crippen molar-refractivity contribution in [3.63, 3.8) is 0 Å². The number of carbonyl (C=O) groups excluding carboxylic acids is 1. The second kappa shape index (κ2) is 3.06. The molecule has 1 aromatic rings. The summed E-state index contributed by atoms with van der Waals surface area (Å²) in [5, 5.41) is 0. The molecule has 0 amide bonds. The van der Waals surface area contributed by atoms with E-state index in [1.54, 1.807) is 6.08 Å². The SMILES string of the molecule is CC1(C)C(=O)C=Cc2c(Br)cccc21. The summed E-state index contributed by atoms with van der Waals surface area (Å²) in [5.41, 5.74) is 1.82. The average Bonchev–Trinajstić information content (AvgIpc) is 2.13. The number of fused-ring (bicyclic) bond motifs is 1. The first-order chi connectivity index (χ1) is 6.53. The summed E-state index contributed by atoms with van der Waals surface area (Å²) < 4.78 is 1.05. The zero-order chi connectivity index (χ0) is 10.3. The van der Waals surface area contributed by atoms with Gasteiger partial charge in [-0.2, -0.15) is 0 Å². The molecule has 0 spiro atoms. The van der Waals surface area contributed by atoms with Crippen LogP contribution in [0.5, 0.6) is 0 Å². The first-order valence-corrected chi connectivity index (χ1v) is 5.34. The van der Waals surface area contributed by atoms with Gasteiger partial charge in [-0.25, -0.2) is 0 Å². The third-order valence-corrected chi connectivity index (χ3v) is 3.44. The topological polar surface area (TPSA) is 17.1 Å². The number of halogens is 1. The molecular formula is C12H11BrO. The maximum atomic E-state index is 11.7. The predicted octanol–water partition coefficient (Wildman–Crippen LogP) is 3.32. The van der Waals surface area contributed by atoms with Gasteiger partial charge < -0.3 is 0 Å². The molecule has 14 heavy (non-hydrogen) atoms. The summed E-state index contributed by atoms with van der Waals surface area (Å²) in [6.07, 6.45) is 3.54. The van der Waals surface area contributed by atoms with Gasteiger partial charge in [0, 0.05) is 4.47 Å². The van der Waals surface area contributed by atoms with Crippen molar-refractivity contribution in [1.29, 1.82) is 0 Å². The van der Waals surface area contributed by atoms with E-state index >= 15 is 0 Å². The minimum atomic E-state index is -0.395. The third-order valence-electron chi connectivity index (χ3n) is 2.74.